The predicted molar refractivity (Wildman–Crippen MR) is 403 cm³/mol. The molecular weight excluding hydrogens is 1420 g/mol. The maximum absolute atomic E-state index is 14.4. The second kappa shape index (κ2) is 34.9. The molecule has 0 aliphatic rings. The van der Waals surface area contributed by atoms with E-state index in [0.717, 1.165) is 45.0 Å². The van der Waals surface area contributed by atoms with Crippen molar-refractivity contribution in [2.75, 3.05) is 0 Å². The topological polar surface area (TPSA) is 180 Å². The molecule has 0 bridgehead atoms. The van der Waals surface area contributed by atoms with Gasteiger partial charge < -0.3 is 0 Å². The van der Waals surface area contributed by atoms with E-state index >= 15 is 0 Å². The first-order valence-corrected chi connectivity index (χ1v) is 34.0. The minimum atomic E-state index is -0.997. The second-order valence-electron chi connectivity index (χ2n) is 25.4. The summed E-state index contributed by atoms with van der Waals surface area (Å²) in [7, 11) is 0. The Hall–Kier alpha value is -13.4. The number of hydrogen-bond donors (Lipinski definition) is 0. The number of rotatable bonds is 10. The molecule has 0 N–H and O–H groups in total. The van der Waals surface area contributed by atoms with Crippen LogP contribution in [0, 0.1) is 127 Å². The molecule has 550 valence electrons. The van der Waals surface area contributed by atoms with Gasteiger partial charge in [-0.25, -0.2) is 63.8 Å². The Morgan fingerprint density at radius 3 is 0.764 bits per heavy atom. The molecule has 0 aliphatic carbocycles. The van der Waals surface area contributed by atoms with E-state index in [4.69, 9.17) is 0 Å². The third kappa shape index (κ3) is 18.5. The summed E-state index contributed by atoms with van der Waals surface area (Å²) in [5.41, 5.74) is 13.1. The maximum Gasteiger partial charge on any atom is 0.170 e. The van der Waals surface area contributed by atoms with Gasteiger partial charge in [0.25, 0.3) is 0 Å². The van der Waals surface area contributed by atoms with Crippen LogP contribution < -0.4 is 0 Å². The highest BCUT2D eigenvalue weighted by atomic mass is 19.2. The lowest BCUT2D eigenvalue weighted by atomic mass is 10.0. The zero-order valence-electron chi connectivity index (χ0n) is 60.8. The van der Waals surface area contributed by atoms with Gasteiger partial charge in [0, 0.05) is 134 Å². The molecule has 14 nitrogen and oxygen atoms in total. The average Bonchev–Trinajstić information content (AvgIpc) is 0.820. The summed E-state index contributed by atoms with van der Waals surface area (Å²) in [5.74, 6) is -8.96. The minimum absolute atomic E-state index is 0.0151. The van der Waals surface area contributed by atoms with Gasteiger partial charge in [-0.05, 0) is 176 Å². The quantitative estimate of drug-likeness (QED) is 0.118. The normalized spacial score (nSPS) is 10.7. The molecule has 0 spiro atoms. The fourth-order valence-electron chi connectivity index (χ4n) is 10.7. The van der Waals surface area contributed by atoms with E-state index in [2.05, 4.69) is 70.2 Å². The van der Waals surface area contributed by atoms with Gasteiger partial charge in [0.05, 0.1) is 57.2 Å². The molecule has 0 amide bonds. The van der Waals surface area contributed by atoms with Crippen LogP contribution in [-0.2, 0) is 0 Å². The highest BCUT2D eigenvalue weighted by Gasteiger charge is 2.23. The summed E-state index contributed by atoms with van der Waals surface area (Å²) < 4.78 is 144. The molecule has 24 heteroatoms. The van der Waals surface area contributed by atoms with Crippen LogP contribution in [0.2, 0.25) is 0 Å². The van der Waals surface area contributed by atoms with E-state index in [0.29, 0.717) is 50.7 Å². The van der Waals surface area contributed by atoms with Gasteiger partial charge in [-0.1, -0.05) is 78.4 Å². The molecular formula is C86H66F10N14. The third-order valence-electron chi connectivity index (χ3n) is 16.9. The molecule has 110 heavy (non-hydrogen) atoms. The van der Waals surface area contributed by atoms with Crippen LogP contribution in [0.25, 0.3) is 112 Å². The molecule has 6 aromatic carbocycles. The van der Waals surface area contributed by atoms with Crippen LogP contribution in [0.15, 0.2) is 220 Å². The first-order chi connectivity index (χ1) is 52.8. The molecule has 0 saturated heterocycles. The van der Waals surface area contributed by atoms with Crippen molar-refractivity contribution in [3.8, 4) is 112 Å². The fraction of sp³-hybridized carbons (Fsp3) is 0.116. The van der Waals surface area contributed by atoms with E-state index in [9.17, 15) is 43.9 Å². The number of benzene rings is 6. The van der Waals surface area contributed by atoms with Crippen molar-refractivity contribution in [2.45, 2.75) is 69.2 Å². The average molecular weight is 1490 g/mol. The smallest absolute Gasteiger partial charge is 0.170 e. The van der Waals surface area contributed by atoms with Gasteiger partial charge in [-0.15, -0.1) is 0 Å². The SMILES string of the molecule is Cc1ccc(-c2ccc(-c3ccc(C)nc3)c(F)c2F)nc1.Cc1ccc(-c2ccc(-c3ccc(C)nn3)c(F)c2F)cn1.Cc1ccc(-c2ccc(-c3cnc(C)cn3)c(F)c2F)cc1.Cc1cnc(-c2ccc(-c3ccc(C)nc3)c(F)c2F)nc1.Cc1cnc(-c2ccc(-c3ccc(C)nn3)c(F)c2F)nc1. The second-order valence-corrected chi connectivity index (χ2v) is 25.4. The zero-order valence-corrected chi connectivity index (χ0v) is 60.8. The van der Waals surface area contributed by atoms with Gasteiger partial charge in [0.15, 0.2) is 69.8 Å². The lowest BCUT2D eigenvalue weighted by Gasteiger charge is -2.09. The number of hydrogen-bond acceptors (Lipinski definition) is 14. The zero-order chi connectivity index (χ0) is 78.4. The van der Waals surface area contributed by atoms with Gasteiger partial charge in [-0.2, -0.15) is 20.4 Å². The van der Waals surface area contributed by atoms with E-state index in [1.165, 1.54) is 73.4 Å². The number of aryl methyl sites for hydroxylation is 10. The van der Waals surface area contributed by atoms with Crippen LogP contribution in [0.3, 0.4) is 0 Å². The molecule has 0 unspecified atom stereocenters. The first kappa shape index (κ1) is 77.7. The molecule has 0 atom stereocenters. The molecule has 15 aromatic rings. The van der Waals surface area contributed by atoms with Crippen molar-refractivity contribution < 1.29 is 43.9 Å². The monoisotopic (exact) mass is 1480 g/mol. The van der Waals surface area contributed by atoms with Crippen molar-refractivity contribution in [3.05, 3.63) is 334 Å². The van der Waals surface area contributed by atoms with Gasteiger partial charge in [0.1, 0.15) is 0 Å². The number of halogens is 10. The fourth-order valence-corrected chi connectivity index (χ4v) is 10.7. The van der Waals surface area contributed by atoms with Crippen LogP contribution in [-0.4, -0.2) is 70.2 Å². The van der Waals surface area contributed by atoms with Crippen LogP contribution >= 0.6 is 0 Å². The number of pyridine rings is 4. The molecule has 9 heterocycles. The standard InChI is InChI=1S/2C18H14F2N2.2C17H13F2N3.C16H12F2N4/c1-11-3-8-16(22-9-11)15-7-6-14(17(19)18(15)20)13-5-4-12(2)21-10-13;1-11-3-5-13(6-4-11)14-7-8-15(18(20)17(14)19)16-10-21-12(2)9-22-16;1-10-3-5-12(9-20-10)13-6-7-14(17(19)16(13)18)15-8-4-11(2)21-22-15;1-10-7-21-17(22-8-10)14-6-5-13(15(18)16(14)19)12-4-3-11(2)20-9-12;1-9-7-19-16(20-8-9)12-5-4-11(14(17)15(12)18)13-6-3-10(2)21-22-13/h2*3-10H,1-2H3;2*3-9H,1-2H3;3-8H,1-2H3. The van der Waals surface area contributed by atoms with Gasteiger partial charge in [0.2, 0.25) is 0 Å². The summed E-state index contributed by atoms with van der Waals surface area (Å²) in [6, 6.07) is 43.0. The Balaban J connectivity index is 0.000000136. The predicted octanol–water partition coefficient (Wildman–Crippen LogP) is 21.1. The summed E-state index contributed by atoms with van der Waals surface area (Å²) in [5, 5.41) is 15.5. The molecule has 9 aromatic heterocycles. The van der Waals surface area contributed by atoms with Gasteiger partial charge in [-0.3, -0.25) is 29.9 Å². The Bertz CT molecular complexity index is 4530. The lowest BCUT2D eigenvalue weighted by molar-refractivity contribution is 0.512. The maximum atomic E-state index is 14.4. The Morgan fingerprint density at radius 1 is 0.164 bits per heavy atom. The Labute approximate surface area is 627 Å². The molecule has 0 aliphatic heterocycles. The van der Waals surface area contributed by atoms with Crippen molar-refractivity contribution in [1.82, 2.24) is 70.2 Å². The van der Waals surface area contributed by atoms with Crippen molar-refractivity contribution in [3.63, 3.8) is 0 Å². The van der Waals surface area contributed by atoms with Gasteiger partial charge >= 0.3 is 0 Å². The first-order valence-electron chi connectivity index (χ1n) is 34.0. The Morgan fingerprint density at radius 2 is 0.436 bits per heavy atom. The minimum Gasteiger partial charge on any atom is -0.261 e. The summed E-state index contributed by atoms with van der Waals surface area (Å²) >= 11 is 0. The summed E-state index contributed by atoms with van der Waals surface area (Å²) in [4.78, 5) is 40.7. The molecule has 0 fully saturated rings. The van der Waals surface area contributed by atoms with E-state index in [1.54, 1.807) is 149 Å². The van der Waals surface area contributed by atoms with Crippen molar-refractivity contribution in [1.29, 1.82) is 0 Å². The number of aromatic nitrogens is 14. The van der Waals surface area contributed by atoms with E-state index in [-0.39, 0.29) is 73.0 Å². The highest BCUT2D eigenvalue weighted by Crippen LogP contribution is 2.36. The molecule has 15 rings (SSSR count). The third-order valence-corrected chi connectivity index (χ3v) is 16.9. The highest BCUT2D eigenvalue weighted by molar-refractivity contribution is 5.74. The van der Waals surface area contributed by atoms with E-state index < -0.39 is 58.2 Å². The van der Waals surface area contributed by atoms with E-state index in [1.807, 2.05) is 66.7 Å². The van der Waals surface area contributed by atoms with Crippen LogP contribution in [0.1, 0.15) is 56.4 Å². The molecule has 0 radical (unpaired) electrons. The largest absolute Gasteiger partial charge is 0.261 e. The Kier molecular flexibility index (Phi) is 24.7. The van der Waals surface area contributed by atoms with Crippen molar-refractivity contribution in [2.24, 2.45) is 0 Å². The number of nitrogens with zero attached hydrogens (tertiary/aromatic N) is 14. The summed E-state index contributed by atoms with van der Waals surface area (Å²) in [6.45, 7) is 18.3. The lowest BCUT2D eigenvalue weighted by Crippen LogP contribution is -1.99. The summed E-state index contributed by atoms with van der Waals surface area (Å²) in [6.07, 6.45) is 15.4. The van der Waals surface area contributed by atoms with Crippen LogP contribution in [0.5, 0.6) is 0 Å². The van der Waals surface area contributed by atoms with Crippen molar-refractivity contribution >= 4 is 0 Å². The van der Waals surface area contributed by atoms with Crippen LogP contribution in [0.4, 0.5) is 43.9 Å². The molecule has 0 saturated carbocycles.